The minimum atomic E-state index is -0.907. The molecule has 0 atom stereocenters. The van der Waals surface area contributed by atoms with Crippen molar-refractivity contribution in [2.45, 2.75) is 13.1 Å². The van der Waals surface area contributed by atoms with E-state index in [2.05, 4.69) is 20.6 Å². The highest BCUT2D eigenvalue weighted by Crippen LogP contribution is 2.38. The second-order valence-electron chi connectivity index (χ2n) is 10.2. The number of ether oxygens (including phenoxy) is 1. The first kappa shape index (κ1) is 32.6. The molecule has 0 unspecified atom stereocenters. The van der Waals surface area contributed by atoms with Crippen LogP contribution in [0.1, 0.15) is 11.1 Å². The van der Waals surface area contributed by atoms with Crippen LogP contribution in [0.3, 0.4) is 0 Å². The first-order chi connectivity index (χ1) is 22.1. The molecule has 46 heavy (non-hydrogen) atoms. The average Bonchev–Trinajstić information content (AvgIpc) is 3.39. The van der Waals surface area contributed by atoms with Crippen LogP contribution < -0.4 is 22.0 Å². The second kappa shape index (κ2) is 14.1. The molecule has 240 valence electrons. The van der Waals surface area contributed by atoms with Crippen LogP contribution in [0.25, 0.3) is 26.5 Å². The molecule has 0 saturated heterocycles. The minimum Gasteiger partial charge on any atom is -0.383 e. The first-order valence-electron chi connectivity index (χ1n) is 13.9. The van der Waals surface area contributed by atoms with Crippen molar-refractivity contribution in [3.63, 3.8) is 0 Å². The number of methoxy groups -OCH3 is 1. The summed E-state index contributed by atoms with van der Waals surface area (Å²) < 4.78 is 50.7. The number of fused-ring (bicyclic) bond motifs is 1. The average molecular weight is 655 g/mol. The van der Waals surface area contributed by atoms with Crippen molar-refractivity contribution < 1.29 is 27.5 Å². The number of hydrogen-bond donors (Lipinski definition) is 2. The molecule has 0 aliphatic rings. The lowest BCUT2D eigenvalue weighted by Crippen LogP contribution is -2.39. The van der Waals surface area contributed by atoms with Gasteiger partial charge in [0.1, 0.15) is 28.1 Å². The third-order valence-corrected chi connectivity index (χ3v) is 8.40. The lowest BCUT2D eigenvalue weighted by atomic mass is 10.1. The number of carbonyl (C=O) groups is 1. The number of nitrogens with zero attached hydrogens (tertiary/aromatic N) is 4. The normalized spacial score (nSPS) is 11.4. The summed E-state index contributed by atoms with van der Waals surface area (Å²) in [5, 5.41) is 2.75. The number of amides is 2. The van der Waals surface area contributed by atoms with Gasteiger partial charge in [0, 0.05) is 36.3 Å². The lowest BCUT2D eigenvalue weighted by molar-refractivity contribution is 0.114. The fraction of sp³-hybridized carbons (Fsp3) is 0.226. The van der Waals surface area contributed by atoms with Gasteiger partial charge < -0.3 is 10.1 Å². The van der Waals surface area contributed by atoms with E-state index in [1.807, 2.05) is 11.9 Å². The summed E-state index contributed by atoms with van der Waals surface area (Å²) in [4.78, 5) is 51.4. The van der Waals surface area contributed by atoms with Gasteiger partial charge in [0.25, 0.3) is 5.56 Å². The molecular weight excluding hydrogens is 625 g/mol. The van der Waals surface area contributed by atoms with Crippen LogP contribution in [-0.4, -0.2) is 59.5 Å². The zero-order chi connectivity index (χ0) is 33.0. The Morgan fingerprint density at radius 3 is 2.35 bits per heavy atom. The molecule has 0 aliphatic heterocycles. The molecule has 5 aromatic rings. The third kappa shape index (κ3) is 6.72. The topological polar surface area (TPSA) is 120 Å². The molecule has 3 aromatic heterocycles. The number of thiophene rings is 1. The monoisotopic (exact) mass is 654 g/mol. The van der Waals surface area contributed by atoms with E-state index in [-0.39, 0.29) is 28.1 Å². The largest absolute Gasteiger partial charge is 0.383 e. The summed E-state index contributed by atoms with van der Waals surface area (Å²) in [6.07, 6.45) is 0.868. The van der Waals surface area contributed by atoms with Crippen LogP contribution in [0, 0.1) is 17.5 Å². The molecule has 0 bridgehead atoms. The van der Waals surface area contributed by atoms with E-state index >= 15 is 0 Å². The number of hydrogen-bond acceptors (Lipinski definition) is 8. The number of hydroxylamine groups is 1. The van der Waals surface area contributed by atoms with E-state index < -0.39 is 41.3 Å². The maximum atomic E-state index is 14.9. The maximum Gasteiger partial charge on any atom is 0.343 e. The van der Waals surface area contributed by atoms with Gasteiger partial charge in [-0.3, -0.25) is 19.1 Å². The number of carbonyl (C=O) groups excluding carboxylic acids is 1. The van der Waals surface area contributed by atoms with Crippen molar-refractivity contribution in [1.29, 1.82) is 0 Å². The van der Waals surface area contributed by atoms with Crippen molar-refractivity contribution in [3.05, 3.63) is 110 Å². The molecule has 0 spiro atoms. The fourth-order valence-corrected chi connectivity index (χ4v) is 6.19. The molecule has 0 radical (unpaired) electrons. The molecule has 3 heterocycles. The Bertz CT molecular complexity index is 1970. The number of anilines is 1. The molecular formula is C31H29F3N6O5S. The Balaban J connectivity index is 1.79. The van der Waals surface area contributed by atoms with Gasteiger partial charge in [-0.25, -0.2) is 37.8 Å². The van der Waals surface area contributed by atoms with Gasteiger partial charge in [0.2, 0.25) is 0 Å². The highest BCUT2D eigenvalue weighted by Gasteiger charge is 2.26. The number of halogens is 3. The zero-order valence-electron chi connectivity index (χ0n) is 25.0. The number of benzene rings is 2. The SMILES string of the molecule is COCCN(C)Cc1c(-c2ccc(NC(=O)NOC)cc2)sc2c1c(=O)n(-c1ccc(F)cn1)c(=O)n2Cc1c(F)cccc1F. The quantitative estimate of drug-likeness (QED) is 0.201. The lowest BCUT2D eigenvalue weighted by Gasteiger charge is -2.17. The highest BCUT2D eigenvalue weighted by atomic mass is 32.1. The third-order valence-electron chi connectivity index (χ3n) is 7.10. The van der Waals surface area contributed by atoms with Crippen molar-refractivity contribution in [2.24, 2.45) is 0 Å². The number of rotatable bonds is 11. The minimum absolute atomic E-state index is 0.133. The molecule has 11 nitrogen and oxygen atoms in total. The van der Waals surface area contributed by atoms with Gasteiger partial charge >= 0.3 is 11.7 Å². The summed E-state index contributed by atoms with van der Waals surface area (Å²) >= 11 is 1.11. The van der Waals surface area contributed by atoms with Gasteiger partial charge in [0.05, 0.1) is 31.8 Å². The van der Waals surface area contributed by atoms with Gasteiger partial charge in [0.15, 0.2) is 0 Å². The van der Waals surface area contributed by atoms with Gasteiger partial charge in [-0.1, -0.05) is 18.2 Å². The van der Waals surface area contributed by atoms with Crippen LogP contribution in [0.2, 0.25) is 0 Å². The van der Waals surface area contributed by atoms with Crippen LogP contribution in [0.5, 0.6) is 0 Å². The van der Waals surface area contributed by atoms with Gasteiger partial charge in [-0.15, -0.1) is 11.3 Å². The van der Waals surface area contributed by atoms with Crippen LogP contribution in [0.15, 0.2) is 70.4 Å². The van der Waals surface area contributed by atoms with Gasteiger partial charge in [-0.2, -0.15) is 0 Å². The molecule has 5 rings (SSSR count). The molecule has 0 aliphatic carbocycles. The zero-order valence-corrected chi connectivity index (χ0v) is 25.8. The Labute approximate surface area is 264 Å². The Kier molecular flexibility index (Phi) is 9.96. The highest BCUT2D eigenvalue weighted by molar-refractivity contribution is 7.22. The predicted molar refractivity (Wildman–Crippen MR) is 168 cm³/mol. The van der Waals surface area contributed by atoms with E-state index in [1.54, 1.807) is 31.4 Å². The Morgan fingerprint density at radius 2 is 1.72 bits per heavy atom. The number of urea groups is 1. The van der Waals surface area contributed by atoms with E-state index in [0.29, 0.717) is 34.8 Å². The molecule has 2 aromatic carbocycles. The van der Waals surface area contributed by atoms with Crippen molar-refractivity contribution >= 4 is 33.3 Å². The summed E-state index contributed by atoms with van der Waals surface area (Å²) in [6.45, 7) is 0.594. The van der Waals surface area contributed by atoms with E-state index in [1.165, 1.54) is 19.2 Å². The smallest absolute Gasteiger partial charge is 0.343 e. The number of likely N-dealkylation sites (N-methyl/N-ethyl adjacent to an activating group) is 1. The van der Waals surface area contributed by atoms with E-state index in [4.69, 9.17) is 4.74 Å². The standard InChI is InChI=1S/C31H29F3N6O5S/c1-38(13-14-44-2)16-22-26-28(41)40(25-12-9-19(32)15-35-25)31(43)39(17-21-23(33)5-4-6-24(21)34)29(26)46-27(22)18-7-10-20(11-8-18)36-30(42)37-45-3/h4-12,15H,13-14,16-17H2,1-3H3,(H2,36,37,42). The first-order valence-corrected chi connectivity index (χ1v) is 14.7. The molecule has 15 heteroatoms. The number of pyridine rings is 1. The fourth-order valence-electron chi connectivity index (χ4n) is 4.89. The Hall–Kier alpha value is -4.83. The van der Waals surface area contributed by atoms with E-state index in [9.17, 15) is 27.6 Å². The van der Waals surface area contributed by atoms with Crippen molar-refractivity contribution in [1.82, 2.24) is 24.5 Å². The second-order valence-corrected chi connectivity index (χ2v) is 11.2. The van der Waals surface area contributed by atoms with Crippen molar-refractivity contribution in [2.75, 3.05) is 39.7 Å². The summed E-state index contributed by atoms with van der Waals surface area (Å²) in [7, 11) is 4.70. The van der Waals surface area contributed by atoms with Crippen molar-refractivity contribution in [3.8, 4) is 16.3 Å². The number of nitrogens with one attached hydrogen (secondary N) is 2. The van der Waals surface area contributed by atoms with E-state index in [0.717, 1.165) is 44.9 Å². The molecule has 2 N–H and O–H groups in total. The van der Waals surface area contributed by atoms with Crippen LogP contribution >= 0.6 is 11.3 Å². The maximum absolute atomic E-state index is 14.9. The predicted octanol–water partition coefficient (Wildman–Crippen LogP) is 4.50. The summed E-state index contributed by atoms with van der Waals surface area (Å²) in [5.74, 6) is -2.57. The molecule has 2 amide bonds. The number of aromatic nitrogens is 3. The van der Waals surface area contributed by atoms with Crippen LogP contribution in [0.4, 0.5) is 23.7 Å². The Morgan fingerprint density at radius 1 is 1.00 bits per heavy atom. The molecule has 0 fully saturated rings. The van der Waals surface area contributed by atoms with Crippen LogP contribution in [-0.2, 0) is 22.7 Å². The molecule has 0 saturated carbocycles. The summed E-state index contributed by atoms with van der Waals surface area (Å²) in [5.41, 5.74) is 1.80. The van der Waals surface area contributed by atoms with Gasteiger partial charge in [-0.05, 0) is 54.6 Å². The summed E-state index contributed by atoms with van der Waals surface area (Å²) in [6, 6.07) is 11.8.